The first kappa shape index (κ1) is 13.0. The first-order chi connectivity index (χ1) is 7.89. The van der Waals surface area contributed by atoms with Crippen LogP contribution in [0.2, 0.25) is 0 Å². The third-order valence-corrected chi connectivity index (χ3v) is 6.13. The molecule has 1 N–H and O–H groups in total. The fraction of sp³-hybridized carbons (Fsp3) is 0.636. The molecule has 0 saturated carbocycles. The maximum atomic E-state index is 12.4. The van der Waals surface area contributed by atoms with Crippen molar-refractivity contribution in [2.75, 3.05) is 13.1 Å². The molecule has 1 aromatic heterocycles. The standard InChI is InChI=1S/C11H18N2O2S2/c1-8-6-13(7-9(2)12-8)17(14,15)11-5-4-10(3)16-11/h4-5,8-9,12H,6-7H2,1-3H3. The van der Waals surface area contributed by atoms with Crippen molar-refractivity contribution in [2.45, 2.75) is 37.1 Å². The van der Waals surface area contributed by atoms with E-state index >= 15 is 0 Å². The Morgan fingerprint density at radius 1 is 1.29 bits per heavy atom. The molecule has 1 saturated heterocycles. The van der Waals surface area contributed by atoms with E-state index in [2.05, 4.69) is 5.32 Å². The van der Waals surface area contributed by atoms with E-state index in [1.54, 1.807) is 10.4 Å². The van der Waals surface area contributed by atoms with Gasteiger partial charge in [0, 0.05) is 30.1 Å². The lowest BCUT2D eigenvalue weighted by atomic mass is 10.2. The number of rotatable bonds is 2. The van der Waals surface area contributed by atoms with Crippen LogP contribution in [0, 0.1) is 6.92 Å². The minimum absolute atomic E-state index is 0.203. The van der Waals surface area contributed by atoms with Crippen LogP contribution < -0.4 is 5.32 Å². The quantitative estimate of drug-likeness (QED) is 0.887. The van der Waals surface area contributed by atoms with Crippen LogP contribution in [0.4, 0.5) is 0 Å². The fourth-order valence-electron chi connectivity index (χ4n) is 2.15. The number of thiophene rings is 1. The Bertz CT molecular complexity index is 485. The number of nitrogens with one attached hydrogen (secondary N) is 1. The van der Waals surface area contributed by atoms with E-state index in [0.717, 1.165) is 4.88 Å². The lowest BCUT2D eigenvalue weighted by Crippen LogP contribution is -2.55. The first-order valence-corrected chi connectivity index (χ1v) is 7.98. The summed E-state index contributed by atoms with van der Waals surface area (Å²) >= 11 is 1.34. The third kappa shape index (κ3) is 2.70. The second kappa shape index (κ2) is 4.68. The summed E-state index contributed by atoms with van der Waals surface area (Å²) in [7, 11) is -3.30. The Balaban J connectivity index is 2.26. The van der Waals surface area contributed by atoms with Crippen LogP contribution in [-0.4, -0.2) is 37.9 Å². The van der Waals surface area contributed by atoms with Gasteiger partial charge in [-0.15, -0.1) is 11.3 Å². The number of hydrogen-bond donors (Lipinski definition) is 1. The summed E-state index contributed by atoms with van der Waals surface area (Å²) in [6, 6.07) is 3.96. The Hall–Kier alpha value is -0.430. The monoisotopic (exact) mass is 274 g/mol. The Labute approximate surface area is 107 Å². The van der Waals surface area contributed by atoms with Crippen molar-refractivity contribution in [1.29, 1.82) is 0 Å². The molecular weight excluding hydrogens is 256 g/mol. The summed E-state index contributed by atoms with van der Waals surface area (Å²) in [6.07, 6.45) is 0. The largest absolute Gasteiger partial charge is 0.309 e. The summed E-state index contributed by atoms with van der Waals surface area (Å²) in [5.74, 6) is 0. The van der Waals surface area contributed by atoms with Crippen LogP contribution >= 0.6 is 11.3 Å². The highest BCUT2D eigenvalue weighted by molar-refractivity contribution is 7.91. The van der Waals surface area contributed by atoms with Gasteiger partial charge in [0.05, 0.1) is 0 Å². The minimum atomic E-state index is -3.30. The predicted molar refractivity (Wildman–Crippen MR) is 69.9 cm³/mol. The van der Waals surface area contributed by atoms with Gasteiger partial charge in [0.15, 0.2) is 0 Å². The highest BCUT2D eigenvalue weighted by Gasteiger charge is 2.31. The molecule has 96 valence electrons. The van der Waals surface area contributed by atoms with Crippen LogP contribution in [0.5, 0.6) is 0 Å². The van der Waals surface area contributed by atoms with E-state index in [0.29, 0.717) is 17.3 Å². The molecule has 17 heavy (non-hydrogen) atoms. The van der Waals surface area contributed by atoms with E-state index in [1.165, 1.54) is 11.3 Å². The summed E-state index contributed by atoms with van der Waals surface area (Å²) in [5, 5.41) is 3.34. The molecule has 0 aromatic carbocycles. The molecule has 2 atom stereocenters. The summed E-state index contributed by atoms with van der Waals surface area (Å²) in [5.41, 5.74) is 0. The van der Waals surface area contributed by atoms with Gasteiger partial charge in [-0.05, 0) is 32.9 Å². The SMILES string of the molecule is Cc1ccc(S(=O)(=O)N2CC(C)NC(C)C2)s1. The topological polar surface area (TPSA) is 49.4 Å². The molecule has 1 aliphatic heterocycles. The van der Waals surface area contributed by atoms with Gasteiger partial charge in [0.2, 0.25) is 0 Å². The maximum absolute atomic E-state index is 12.4. The molecule has 1 aliphatic rings. The van der Waals surface area contributed by atoms with Crippen LogP contribution in [0.25, 0.3) is 0 Å². The van der Waals surface area contributed by atoms with Crippen LogP contribution in [0.3, 0.4) is 0 Å². The van der Waals surface area contributed by atoms with Crippen molar-refractivity contribution < 1.29 is 8.42 Å². The molecule has 0 spiro atoms. The molecule has 0 radical (unpaired) electrons. The molecule has 2 rings (SSSR count). The van der Waals surface area contributed by atoms with Gasteiger partial charge >= 0.3 is 0 Å². The van der Waals surface area contributed by atoms with Crippen molar-refractivity contribution in [3.05, 3.63) is 17.0 Å². The number of aryl methyl sites for hydroxylation is 1. The Morgan fingerprint density at radius 3 is 2.35 bits per heavy atom. The lowest BCUT2D eigenvalue weighted by molar-refractivity contribution is 0.263. The van der Waals surface area contributed by atoms with Gasteiger partial charge in [0.25, 0.3) is 10.0 Å². The molecular formula is C11H18N2O2S2. The molecule has 2 unspecified atom stereocenters. The minimum Gasteiger partial charge on any atom is -0.309 e. The van der Waals surface area contributed by atoms with E-state index in [4.69, 9.17) is 0 Å². The summed E-state index contributed by atoms with van der Waals surface area (Å²) in [6.45, 7) is 7.04. The molecule has 0 aliphatic carbocycles. The van der Waals surface area contributed by atoms with Crippen molar-refractivity contribution in [3.63, 3.8) is 0 Å². The third-order valence-electron chi connectivity index (χ3n) is 2.83. The average molecular weight is 274 g/mol. The molecule has 4 nitrogen and oxygen atoms in total. The van der Waals surface area contributed by atoms with Crippen LogP contribution in [0.15, 0.2) is 16.3 Å². The van der Waals surface area contributed by atoms with Crippen LogP contribution in [0.1, 0.15) is 18.7 Å². The molecule has 1 fully saturated rings. The second-order valence-corrected chi connectivity index (χ2v) is 8.11. The smallest absolute Gasteiger partial charge is 0.252 e. The zero-order valence-corrected chi connectivity index (χ0v) is 11.9. The zero-order chi connectivity index (χ0) is 12.6. The molecule has 0 bridgehead atoms. The highest BCUT2D eigenvalue weighted by atomic mass is 32.2. The van der Waals surface area contributed by atoms with Gasteiger partial charge in [-0.1, -0.05) is 0 Å². The average Bonchev–Trinajstić information content (AvgIpc) is 2.64. The fourth-order valence-corrected chi connectivity index (χ4v) is 5.21. The molecule has 2 heterocycles. The number of hydrogen-bond acceptors (Lipinski definition) is 4. The Morgan fingerprint density at radius 2 is 1.88 bits per heavy atom. The van der Waals surface area contributed by atoms with Crippen molar-refractivity contribution in [1.82, 2.24) is 9.62 Å². The Kier molecular flexibility index (Phi) is 3.58. The molecule has 1 aromatic rings. The van der Waals surface area contributed by atoms with Gasteiger partial charge in [-0.25, -0.2) is 8.42 Å². The van der Waals surface area contributed by atoms with E-state index in [-0.39, 0.29) is 12.1 Å². The molecule has 0 amide bonds. The van der Waals surface area contributed by atoms with E-state index < -0.39 is 10.0 Å². The predicted octanol–water partition coefficient (Wildman–Crippen LogP) is 1.43. The van der Waals surface area contributed by atoms with Gasteiger partial charge in [-0.2, -0.15) is 4.31 Å². The van der Waals surface area contributed by atoms with Gasteiger partial charge in [-0.3, -0.25) is 0 Å². The first-order valence-electron chi connectivity index (χ1n) is 5.72. The van der Waals surface area contributed by atoms with Gasteiger partial charge < -0.3 is 5.32 Å². The van der Waals surface area contributed by atoms with E-state index in [9.17, 15) is 8.42 Å². The lowest BCUT2D eigenvalue weighted by Gasteiger charge is -2.34. The normalized spacial score (nSPS) is 27.2. The zero-order valence-electron chi connectivity index (χ0n) is 10.3. The number of nitrogens with zero attached hydrogens (tertiary/aromatic N) is 1. The van der Waals surface area contributed by atoms with Crippen molar-refractivity contribution in [3.8, 4) is 0 Å². The highest BCUT2D eigenvalue weighted by Crippen LogP contribution is 2.25. The summed E-state index contributed by atoms with van der Waals surface area (Å²) < 4.78 is 26.8. The second-order valence-electron chi connectivity index (χ2n) is 4.66. The number of piperazine rings is 1. The number of sulfonamides is 1. The van der Waals surface area contributed by atoms with Gasteiger partial charge in [0.1, 0.15) is 4.21 Å². The van der Waals surface area contributed by atoms with Crippen molar-refractivity contribution >= 4 is 21.4 Å². The van der Waals surface area contributed by atoms with Crippen molar-refractivity contribution in [2.24, 2.45) is 0 Å². The summed E-state index contributed by atoms with van der Waals surface area (Å²) in [4.78, 5) is 1.03. The van der Waals surface area contributed by atoms with Crippen LogP contribution in [-0.2, 0) is 10.0 Å². The molecule has 6 heteroatoms. The maximum Gasteiger partial charge on any atom is 0.252 e. The van der Waals surface area contributed by atoms with E-state index in [1.807, 2.05) is 26.8 Å².